The van der Waals surface area contributed by atoms with Gasteiger partial charge in [0.25, 0.3) is 11.8 Å². The fraction of sp³-hybridized carbons (Fsp3) is 0.0833. The average molecular weight is 480 g/mol. The zero-order valence-electron chi connectivity index (χ0n) is 17.7. The number of carbonyl (C=O) groups is 3. The van der Waals surface area contributed by atoms with Gasteiger partial charge in [0.2, 0.25) is 5.91 Å². The number of hydrazone groups is 1. The van der Waals surface area contributed by atoms with Crippen LogP contribution in [0.4, 0.5) is 21.5 Å². The molecule has 0 saturated carbocycles. The molecule has 0 fully saturated rings. The molecule has 1 heterocycles. The second-order valence-corrected chi connectivity index (χ2v) is 7.89. The van der Waals surface area contributed by atoms with Gasteiger partial charge in [-0.1, -0.05) is 23.7 Å². The Morgan fingerprint density at radius 1 is 0.941 bits per heavy atom. The first-order valence-electron chi connectivity index (χ1n) is 10.2. The predicted molar refractivity (Wildman–Crippen MR) is 128 cm³/mol. The lowest BCUT2D eigenvalue weighted by Gasteiger charge is -2.20. The Kier molecular flexibility index (Phi) is 6.55. The summed E-state index contributed by atoms with van der Waals surface area (Å²) in [5.74, 6) is -2.16. The minimum atomic E-state index is -0.908. The van der Waals surface area contributed by atoms with Gasteiger partial charge in [0, 0.05) is 17.1 Å². The van der Waals surface area contributed by atoms with Gasteiger partial charge >= 0.3 is 0 Å². The van der Waals surface area contributed by atoms with Crippen LogP contribution >= 0.6 is 11.6 Å². The first-order chi connectivity index (χ1) is 16.3. The molecule has 0 spiro atoms. The summed E-state index contributed by atoms with van der Waals surface area (Å²) in [5.41, 5.74) is 6.98. The fourth-order valence-electron chi connectivity index (χ4n) is 3.42. The molecule has 0 aliphatic carbocycles. The van der Waals surface area contributed by atoms with E-state index in [1.165, 1.54) is 29.3 Å². The summed E-state index contributed by atoms with van der Waals surface area (Å²) in [6.07, 6.45) is -0.0440. The Labute approximate surface area is 199 Å². The molecule has 34 heavy (non-hydrogen) atoms. The normalized spacial score (nSPS) is 14.9. The van der Waals surface area contributed by atoms with Crippen molar-refractivity contribution < 1.29 is 18.8 Å². The molecule has 10 heteroatoms. The molecule has 1 aliphatic heterocycles. The summed E-state index contributed by atoms with van der Waals surface area (Å²) in [6, 6.07) is 17.5. The summed E-state index contributed by atoms with van der Waals surface area (Å²) in [4.78, 5) is 37.7. The number of nitrogens with two attached hydrogens (primary N) is 1. The predicted octanol–water partition coefficient (Wildman–Crippen LogP) is 3.79. The number of para-hydroxylation sites is 1. The van der Waals surface area contributed by atoms with Gasteiger partial charge < -0.3 is 16.4 Å². The molecule has 4 N–H and O–H groups in total. The molecule has 1 unspecified atom stereocenters. The highest BCUT2D eigenvalue weighted by Crippen LogP contribution is 2.26. The van der Waals surface area contributed by atoms with Crippen molar-refractivity contribution in [1.29, 1.82) is 0 Å². The van der Waals surface area contributed by atoms with Crippen molar-refractivity contribution in [1.82, 2.24) is 0 Å². The molecule has 172 valence electrons. The molecular weight excluding hydrogens is 461 g/mol. The highest BCUT2D eigenvalue weighted by Gasteiger charge is 2.35. The molecule has 8 nitrogen and oxygen atoms in total. The topological polar surface area (TPSA) is 117 Å². The number of benzene rings is 3. The molecule has 3 amide bonds. The zero-order chi connectivity index (χ0) is 24.2. The van der Waals surface area contributed by atoms with Gasteiger partial charge in [0.05, 0.1) is 16.9 Å². The van der Waals surface area contributed by atoms with Crippen molar-refractivity contribution >= 4 is 52.1 Å². The van der Waals surface area contributed by atoms with Crippen molar-refractivity contribution in [2.45, 2.75) is 12.5 Å². The number of primary amides is 1. The molecule has 4 rings (SSSR count). The van der Waals surface area contributed by atoms with E-state index in [9.17, 15) is 18.8 Å². The van der Waals surface area contributed by atoms with Gasteiger partial charge in [0.15, 0.2) is 0 Å². The molecule has 0 bridgehead atoms. The third-order valence-corrected chi connectivity index (χ3v) is 5.37. The van der Waals surface area contributed by atoms with Crippen LogP contribution in [0.25, 0.3) is 0 Å². The number of amides is 3. The second-order valence-electron chi connectivity index (χ2n) is 7.45. The van der Waals surface area contributed by atoms with Crippen molar-refractivity contribution in [3.63, 3.8) is 0 Å². The molecule has 0 saturated heterocycles. The first kappa shape index (κ1) is 22.9. The first-order valence-corrected chi connectivity index (χ1v) is 10.6. The zero-order valence-corrected chi connectivity index (χ0v) is 18.4. The van der Waals surface area contributed by atoms with E-state index in [0.717, 1.165) is 0 Å². The molecule has 3 aromatic rings. The largest absolute Gasteiger partial charge is 0.368 e. The van der Waals surface area contributed by atoms with Crippen molar-refractivity contribution in [2.24, 2.45) is 10.8 Å². The maximum atomic E-state index is 13.3. The van der Waals surface area contributed by atoms with Crippen LogP contribution in [0, 0.1) is 5.82 Å². The quantitative estimate of drug-likeness (QED) is 0.498. The van der Waals surface area contributed by atoms with Crippen LogP contribution in [-0.4, -0.2) is 29.5 Å². The number of rotatable bonds is 6. The molecule has 1 atom stereocenters. The second kappa shape index (κ2) is 9.72. The van der Waals surface area contributed by atoms with E-state index in [4.69, 9.17) is 17.3 Å². The van der Waals surface area contributed by atoms with Crippen LogP contribution in [0.3, 0.4) is 0 Å². The van der Waals surface area contributed by atoms with E-state index in [0.29, 0.717) is 16.4 Å². The Morgan fingerprint density at radius 3 is 2.29 bits per heavy atom. The minimum absolute atomic E-state index is 0.0426. The van der Waals surface area contributed by atoms with Crippen LogP contribution in [0.15, 0.2) is 77.9 Å². The van der Waals surface area contributed by atoms with Crippen LogP contribution in [-0.2, 0) is 9.59 Å². The summed E-state index contributed by atoms with van der Waals surface area (Å²) >= 11 is 5.88. The van der Waals surface area contributed by atoms with Gasteiger partial charge in [-0.2, -0.15) is 5.10 Å². The van der Waals surface area contributed by atoms with Gasteiger partial charge in [-0.05, 0) is 60.7 Å². The average Bonchev–Trinajstić information content (AvgIpc) is 3.27. The highest BCUT2D eigenvalue weighted by molar-refractivity contribution is 6.44. The number of hydrogen-bond donors (Lipinski definition) is 3. The molecule has 0 aromatic heterocycles. The lowest BCUT2D eigenvalue weighted by molar-refractivity contribution is -0.119. The molecule has 1 aliphatic rings. The summed E-state index contributed by atoms with van der Waals surface area (Å²) in [5, 5.41) is 11.5. The minimum Gasteiger partial charge on any atom is -0.368 e. The lowest BCUT2D eigenvalue weighted by Crippen LogP contribution is -2.39. The summed E-state index contributed by atoms with van der Waals surface area (Å²) < 4.78 is 13.3. The monoisotopic (exact) mass is 479 g/mol. The van der Waals surface area contributed by atoms with E-state index in [1.807, 2.05) is 0 Å². The number of anilines is 3. The maximum absolute atomic E-state index is 13.3. The number of nitrogens with one attached hydrogen (secondary N) is 2. The van der Waals surface area contributed by atoms with Crippen LogP contribution in [0.1, 0.15) is 16.8 Å². The number of carbonyl (C=O) groups excluding carboxylic acids is 3. The van der Waals surface area contributed by atoms with E-state index in [-0.39, 0.29) is 23.4 Å². The van der Waals surface area contributed by atoms with Gasteiger partial charge in [-0.25, -0.2) is 4.39 Å². The smallest absolute Gasteiger partial charge is 0.271 e. The van der Waals surface area contributed by atoms with Crippen LogP contribution in [0.2, 0.25) is 5.02 Å². The lowest BCUT2D eigenvalue weighted by atomic mass is 10.1. The molecule has 3 aromatic carbocycles. The Bertz CT molecular complexity index is 1280. The van der Waals surface area contributed by atoms with Crippen LogP contribution in [0.5, 0.6) is 0 Å². The van der Waals surface area contributed by atoms with E-state index < -0.39 is 29.6 Å². The number of hydrogen-bond acceptors (Lipinski definition) is 5. The van der Waals surface area contributed by atoms with Crippen molar-refractivity contribution in [3.8, 4) is 0 Å². The Hall–Kier alpha value is -4.24. The summed E-state index contributed by atoms with van der Waals surface area (Å²) in [7, 11) is 0. The Morgan fingerprint density at radius 2 is 1.62 bits per heavy atom. The van der Waals surface area contributed by atoms with Crippen molar-refractivity contribution in [2.75, 3.05) is 15.6 Å². The van der Waals surface area contributed by atoms with E-state index in [1.54, 1.807) is 48.5 Å². The third-order valence-electron chi connectivity index (χ3n) is 5.11. The summed E-state index contributed by atoms with van der Waals surface area (Å²) in [6.45, 7) is 0. The number of nitrogens with zero attached hydrogens (tertiary/aromatic N) is 2. The van der Waals surface area contributed by atoms with Crippen molar-refractivity contribution in [3.05, 3.63) is 89.2 Å². The molecular formula is C24H19ClFN5O3. The van der Waals surface area contributed by atoms with Gasteiger partial charge in [0.1, 0.15) is 17.6 Å². The van der Waals surface area contributed by atoms with Crippen LogP contribution < -0.4 is 21.4 Å². The number of halogens is 2. The SMILES string of the molecule is NC(=O)C1CC(C(=O)Nc2ccccc2C(=O)Nc2ccc(Cl)cc2)=NN1c1ccc(F)cc1. The highest BCUT2D eigenvalue weighted by atomic mass is 35.5. The fourth-order valence-corrected chi connectivity index (χ4v) is 3.54. The van der Waals surface area contributed by atoms with Gasteiger partial charge in [-0.3, -0.25) is 19.4 Å². The standard InChI is InChI=1S/C24H19ClFN5O3/c25-14-5-9-16(10-6-14)28-23(33)18-3-1-2-4-19(18)29-24(34)20-13-21(22(27)32)31(30-20)17-11-7-15(26)8-12-17/h1-12,21H,13H2,(H2,27,32)(H,28,33)(H,29,34). The van der Waals surface area contributed by atoms with Gasteiger partial charge in [-0.15, -0.1) is 0 Å². The molecule has 0 radical (unpaired) electrons. The van der Waals surface area contributed by atoms with E-state index >= 15 is 0 Å². The van der Waals surface area contributed by atoms with E-state index in [2.05, 4.69) is 15.7 Å². The maximum Gasteiger partial charge on any atom is 0.271 e. The third kappa shape index (κ3) is 5.05. The Balaban J connectivity index is 1.54.